The molecule has 116 valence electrons. The molecule has 0 atom stereocenters. The number of likely N-dealkylation sites (tertiary alicyclic amines) is 1. The van der Waals surface area contributed by atoms with E-state index in [4.69, 9.17) is 0 Å². The fourth-order valence-electron chi connectivity index (χ4n) is 2.55. The van der Waals surface area contributed by atoms with Crippen molar-refractivity contribution in [3.8, 4) is 0 Å². The molecule has 1 amide bonds. The quantitative estimate of drug-likeness (QED) is 0.828. The predicted molar refractivity (Wildman–Crippen MR) is 83.4 cm³/mol. The lowest BCUT2D eigenvalue weighted by molar-refractivity contribution is 0.0950. The molecule has 0 bridgehead atoms. The van der Waals surface area contributed by atoms with Gasteiger partial charge in [-0.3, -0.25) is 4.79 Å². The van der Waals surface area contributed by atoms with Gasteiger partial charge in [0.2, 0.25) is 0 Å². The summed E-state index contributed by atoms with van der Waals surface area (Å²) in [7, 11) is 2.18. The van der Waals surface area contributed by atoms with Gasteiger partial charge in [-0.25, -0.2) is 0 Å². The number of rotatable bonds is 6. The van der Waals surface area contributed by atoms with Crippen molar-refractivity contribution in [3.05, 3.63) is 17.8 Å². The van der Waals surface area contributed by atoms with Gasteiger partial charge in [-0.15, -0.1) is 10.2 Å². The van der Waals surface area contributed by atoms with E-state index in [-0.39, 0.29) is 5.91 Å². The lowest BCUT2D eigenvalue weighted by Gasteiger charge is -2.28. The van der Waals surface area contributed by atoms with Gasteiger partial charge in [0.25, 0.3) is 5.91 Å². The first kappa shape index (κ1) is 15.7. The molecule has 6 heteroatoms. The molecule has 2 rings (SSSR count). The fraction of sp³-hybridized carbons (Fsp3) is 0.667. The first-order valence-corrected chi connectivity index (χ1v) is 7.73. The van der Waals surface area contributed by atoms with E-state index in [1.165, 1.54) is 25.9 Å². The molecule has 1 saturated heterocycles. The second kappa shape index (κ2) is 7.93. The molecule has 0 saturated carbocycles. The number of nitrogens with one attached hydrogen (secondary N) is 2. The van der Waals surface area contributed by atoms with Crippen LogP contribution in [0.25, 0.3) is 0 Å². The summed E-state index contributed by atoms with van der Waals surface area (Å²) in [4.78, 5) is 13.9. The van der Waals surface area contributed by atoms with Crippen molar-refractivity contribution in [2.75, 3.05) is 38.5 Å². The van der Waals surface area contributed by atoms with Crippen molar-refractivity contribution in [3.63, 3.8) is 0 Å². The van der Waals surface area contributed by atoms with E-state index >= 15 is 0 Å². The molecule has 0 spiro atoms. The van der Waals surface area contributed by atoms with E-state index in [1.807, 2.05) is 13.0 Å². The molecular formula is C15H25N5O. The number of carbonyl (C=O) groups excluding carboxylic acids is 1. The Morgan fingerprint density at radius 3 is 2.71 bits per heavy atom. The van der Waals surface area contributed by atoms with Crippen LogP contribution in [0.1, 0.15) is 36.7 Å². The minimum absolute atomic E-state index is 0.178. The average molecular weight is 291 g/mol. The van der Waals surface area contributed by atoms with Crippen molar-refractivity contribution in [2.45, 2.75) is 26.2 Å². The summed E-state index contributed by atoms with van der Waals surface area (Å²) >= 11 is 0. The third-order valence-corrected chi connectivity index (χ3v) is 3.93. The van der Waals surface area contributed by atoms with E-state index in [1.54, 1.807) is 6.07 Å². The number of hydrogen-bond acceptors (Lipinski definition) is 5. The van der Waals surface area contributed by atoms with Crippen LogP contribution in [0.3, 0.4) is 0 Å². The largest absolute Gasteiger partial charge is 0.369 e. The molecule has 1 aliphatic heterocycles. The van der Waals surface area contributed by atoms with Gasteiger partial charge in [-0.05, 0) is 64.4 Å². The highest BCUT2D eigenvalue weighted by molar-refractivity contribution is 5.92. The van der Waals surface area contributed by atoms with Crippen molar-refractivity contribution in [2.24, 2.45) is 5.92 Å². The van der Waals surface area contributed by atoms with Crippen molar-refractivity contribution >= 4 is 11.7 Å². The number of nitrogens with zero attached hydrogens (tertiary/aromatic N) is 3. The van der Waals surface area contributed by atoms with Crippen molar-refractivity contribution in [1.82, 2.24) is 20.4 Å². The molecule has 1 aliphatic rings. The van der Waals surface area contributed by atoms with E-state index < -0.39 is 0 Å². The van der Waals surface area contributed by atoms with Gasteiger partial charge in [0, 0.05) is 13.1 Å². The molecule has 1 aromatic rings. The first-order valence-electron chi connectivity index (χ1n) is 7.73. The van der Waals surface area contributed by atoms with Gasteiger partial charge in [0.15, 0.2) is 5.69 Å². The Kier molecular flexibility index (Phi) is 5.92. The first-order chi connectivity index (χ1) is 10.2. The van der Waals surface area contributed by atoms with Crippen LogP contribution in [-0.2, 0) is 0 Å². The molecule has 1 fully saturated rings. The number of hydrogen-bond donors (Lipinski definition) is 2. The smallest absolute Gasteiger partial charge is 0.271 e. The van der Waals surface area contributed by atoms with E-state index in [9.17, 15) is 4.79 Å². The van der Waals surface area contributed by atoms with Crippen LogP contribution in [0.4, 0.5) is 5.82 Å². The maximum absolute atomic E-state index is 11.6. The summed E-state index contributed by atoms with van der Waals surface area (Å²) < 4.78 is 0. The van der Waals surface area contributed by atoms with Gasteiger partial charge in [-0.2, -0.15) is 0 Å². The minimum Gasteiger partial charge on any atom is -0.369 e. The summed E-state index contributed by atoms with van der Waals surface area (Å²) in [6.07, 6.45) is 3.72. The van der Waals surface area contributed by atoms with Gasteiger partial charge in [-0.1, -0.05) is 0 Å². The zero-order valence-electron chi connectivity index (χ0n) is 12.9. The Hall–Kier alpha value is -1.69. The molecular weight excluding hydrogens is 266 g/mol. The maximum atomic E-state index is 11.6. The second-order valence-electron chi connectivity index (χ2n) is 5.63. The van der Waals surface area contributed by atoms with Gasteiger partial charge < -0.3 is 15.5 Å². The van der Waals surface area contributed by atoms with Crippen LogP contribution in [-0.4, -0.2) is 54.2 Å². The Morgan fingerprint density at radius 1 is 1.33 bits per heavy atom. The fourth-order valence-corrected chi connectivity index (χ4v) is 2.55. The van der Waals surface area contributed by atoms with Crippen LogP contribution in [0.5, 0.6) is 0 Å². The summed E-state index contributed by atoms with van der Waals surface area (Å²) in [5.74, 6) is 1.36. The maximum Gasteiger partial charge on any atom is 0.271 e. The normalized spacial score (nSPS) is 16.7. The van der Waals surface area contributed by atoms with Gasteiger partial charge in [0.1, 0.15) is 5.82 Å². The molecule has 0 radical (unpaired) electrons. The van der Waals surface area contributed by atoms with Gasteiger partial charge >= 0.3 is 0 Å². The van der Waals surface area contributed by atoms with Crippen LogP contribution in [0, 0.1) is 5.92 Å². The lowest BCUT2D eigenvalue weighted by atomic mass is 9.94. The monoisotopic (exact) mass is 291 g/mol. The topological polar surface area (TPSA) is 70.2 Å². The molecule has 6 nitrogen and oxygen atoms in total. The van der Waals surface area contributed by atoms with Gasteiger partial charge in [0.05, 0.1) is 0 Å². The zero-order chi connectivity index (χ0) is 15.1. The highest BCUT2D eigenvalue weighted by Gasteiger charge is 2.16. The minimum atomic E-state index is -0.178. The van der Waals surface area contributed by atoms with Crippen LogP contribution in [0.2, 0.25) is 0 Å². The van der Waals surface area contributed by atoms with E-state index in [0.717, 1.165) is 24.7 Å². The second-order valence-corrected chi connectivity index (χ2v) is 5.63. The number of amides is 1. The Morgan fingerprint density at radius 2 is 2.10 bits per heavy atom. The summed E-state index contributed by atoms with van der Waals surface area (Å²) in [5.41, 5.74) is 0.359. The Labute approximate surface area is 126 Å². The third kappa shape index (κ3) is 4.97. The van der Waals surface area contributed by atoms with Crippen molar-refractivity contribution < 1.29 is 4.79 Å². The molecule has 1 aromatic heterocycles. The molecule has 2 N–H and O–H groups in total. The molecule has 2 heterocycles. The lowest BCUT2D eigenvalue weighted by Crippen LogP contribution is -2.30. The van der Waals surface area contributed by atoms with Crippen LogP contribution < -0.4 is 10.6 Å². The Balaban J connectivity index is 1.72. The number of piperidine rings is 1. The molecule has 0 aliphatic carbocycles. The molecule has 21 heavy (non-hydrogen) atoms. The standard InChI is InChI=1S/C15H25N5O/c1-3-16-15(21)13-4-5-14(19-18-13)17-9-6-12-7-10-20(2)11-8-12/h4-5,12H,3,6-11H2,1-2H3,(H,16,21)(H,17,19). The third-order valence-electron chi connectivity index (χ3n) is 3.93. The zero-order valence-corrected chi connectivity index (χ0v) is 12.9. The molecule has 0 aromatic carbocycles. The Bertz CT molecular complexity index is 440. The van der Waals surface area contributed by atoms with Crippen LogP contribution >= 0.6 is 0 Å². The SMILES string of the molecule is CCNC(=O)c1ccc(NCCC2CCN(C)CC2)nn1. The van der Waals surface area contributed by atoms with E-state index in [0.29, 0.717) is 12.2 Å². The highest BCUT2D eigenvalue weighted by Crippen LogP contribution is 2.19. The van der Waals surface area contributed by atoms with Crippen LogP contribution in [0.15, 0.2) is 12.1 Å². The summed E-state index contributed by atoms with van der Waals surface area (Å²) in [6.45, 7) is 5.78. The van der Waals surface area contributed by atoms with E-state index in [2.05, 4.69) is 32.8 Å². The number of aromatic nitrogens is 2. The van der Waals surface area contributed by atoms with Crippen molar-refractivity contribution in [1.29, 1.82) is 0 Å². The summed E-state index contributed by atoms with van der Waals surface area (Å²) in [5, 5.41) is 14.0. The summed E-state index contributed by atoms with van der Waals surface area (Å²) in [6, 6.07) is 3.52. The average Bonchev–Trinajstić information content (AvgIpc) is 2.50. The number of anilines is 1. The predicted octanol–water partition coefficient (Wildman–Crippen LogP) is 1.37. The molecule has 0 unspecified atom stereocenters. The highest BCUT2D eigenvalue weighted by atomic mass is 16.1. The number of carbonyl (C=O) groups is 1.